The largest absolute Gasteiger partial charge is 0.465 e. The molecule has 0 aliphatic heterocycles. The summed E-state index contributed by atoms with van der Waals surface area (Å²) in [4.78, 5) is 22.7. The fourth-order valence-electron chi connectivity index (χ4n) is 1.20. The number of nitrogens with zero attached hydrogens (tertiary/aromatic N) is 2. The van der Waals surface area contributed by atoms with Gasteiger partial charge in [0.1, 0.15) is 5.56 Å². The molecule has 0 N–H and O–H groups in total. The summed E-state index contributed by atoms with van der Waals surface area (Å²) < 4.78 is 10.5. The van der Waals surface area contributed by atoms with Gasteiger partial charge in [-0.1, -0.05) is 0 Å². The molecule has 1 rings (SSSR count). The van der Waals surface area contributed by atoms with Crippen molar-refractivity contribution in [3.63, 3.8) is 0 Å². The highest BCUT2D eigenvalue weighted by Crippen LogP contribution is 2.11. The second-order valence-electron chi connectivity index (χ2n) is 2.71. The molecule has 0 saturated carbocycles. The molecule has 1 heterocycles. The standard InChI is InChI=1S/C9H12N2O4/c1-4-11-7(9(13)15-3)6(5-10-11)8(12)14-2/h5H,4H2,1-3H3. The molecular weight excluding hydrogens is 200 g/mol. The van der Waals surface area contributed by atoms with Crippen LogP contribution < -0.4 is 0 Å². The van der Waals surface area contributed by atoms with Crippen molar-refractivity contribution in [2.24, 2.45) is 0 Å². The Labute approximate surface area is 86.8 Å². The van der Waals surface area contributed by atoms with E-state index in [0.29, 0.717) is 6.54 Å². The van der Waals surface area contributed by atoms with Crippen LogP contribution in [0.3, 0.4) is 0 Å². The lowest BCUT2D eigenvalue weighted by molar-refractivity contribution is 0.0546. The summed E-state index contributed by atoms with van der Waals surface area (Å²) in [6.45, 7) is 2.28. The Morgan fingerprint density at radius 3 is 2.40 bits per heavy atom. The molecule has 0 unspecified atom stereocenters. The number of aryl methyl sites for hydroxylation is 1. The maximum atomic E-state index is 11.4. The molecule has 0 spiro atoms. The predicted molar refractivity (Wildman–Crippen MR) is 50.6 cm³/mol. The Morgan fingerprint density at radius 2 is 1.93 bits per heavy atom. The van der Waals surface area contributed by atoms with E-state index < -0.39 is 11.9 Å². The number of hydrogen-bond donors (Lipinski definition) is 0. The number of carbonyl (C=O) groups is 2. The lowest BCUT2D eigenvalue weighted by Crippen LogP contribution is -2.15. The Kier molecular flexibility index (Phi) is 3.43. The third kappa shape index (κ3) is 1.98. The van der Waals surface area contributed by atoms with Crippen molar-refractivity contribution in [2.75, 3.05) is 14.2 Å². The van der Waals surface area contributed by atoms with Crippen LogP contribution in [-0.4, -0.2) is 35.9 Å². The number of hydrogen-bond acceptors (Lipinski definition) is 5. The quantitative estimate of drug-likeness (QED) is 0.681. The Balaban J connectivity index is 3.23. The molecule has 0 aliphatic carbocycles. The first-order valence-corrected chi connectivity index (χ1v) is 4.38. The number of methoxy groups -OCH3 is 2. The second-order valence-corrected chi connectivity index (χ2v) is 2.71. The molecule has 0 fully saturated rings. The van der Waals surface area contributed by atoms with Gasteiger partial charge in [-0.25, -0.2) is 9.59 Å². The molecule has 0 bridgehead atoms. The van der Waals surface area contributed by atoms with Gasteiger partial charge in [0.2, 0.25) is 0 Å². The van der Waals surface area contributed by atoms with Crippen LogP contribution in [0.2, 0.25) is 0 Å². The van der Waals surface area contributed by atoms with E-state index in [9.17, 15) is 9.59 Å². The monoisotopic (exact) mass is 212 g/mol. The molecule has 82 valence electrons. The molecule has 0 atom stereocenters. The average molecular weight is 212 g/mol. The third-order valence-corrected chi connectivity index (χ3v) is 1.92. The average Bonchev–Trinajstić information content (AvgIpc) is 2.70. The lowest BCUT2D eigenvalue weighted by atomic mass is 10.2. The summed E-state index contributed by atoms with van der Waals surface area (Å²) in [6, 6.07) is 0. The van der Waals surface area contributed by atoms with Crippen molar-refractivity contribution in [2.45, 2.75) is 13.5 Å². The van der Waals surface area contributed by atoms with Gasteiger partial charge in [-0.3, -0.25) is 4.68 Å². The van der Waals surface area contributed by atoms with Crippen LogP contribution in [0.5, 0.6) is 0 Å². The highest BCUT2D eigenvalue weighted by Gasteiger charge is 2.23. The maximum Gasteiger partial charge on any atom is 0.357 e. The van der Waals surface area contributed by atoms with E-state index in [4.69, 9.17) is 0 Å². The second kappa shape index (κ2) is 4.59. The van der Waals surface area contributed by atoms with Crippen LogP contribution in [0.1, 0.15) is 27.8 Å². The SMILES string of the molecule is CCn1ncc(C(=O)OC)c1C(=O)OC. The van der Waals surface area contributed by atoms with Gasteiger partial charge in [0, 0.05) is 6.54 Å². The van der Waals surface area contributed by atoms with E-state index in [1.165, 1.54) is 25.1 Å². The Bertz CT molecular complexity index is 383. The van der Waals surface area contributed by atoms with Crippen LogP contribution in [0.15, 0.2) is 6.20 Å². The first-order chi connectivity index (χ1) is 7.15. The van der Waals surface area contributed by atoms with E-state index in [0.717, 1.165) is 0 Å². The van der Waals surface area contributed by atoms with Crippen molar-refractivity contribution in [3.05, 3.63) is 17.5 Å². The van der Waals surface area contributed by atoms with Crippen LogP contribution in [-0.2, 0) is 16.0 Å². The van der Waals surface area contributed by atoms with E-state index in [1.54, 1.807) is 6.92 Å². The zero-order valence-corrected chi connectivity index (χ0v) is 8.81. The van der Waals surface area contributed by atoms with Gasteiger partial charge in [0.15, 0.2) is 5.69 Å². The Morgan fingerprint density at radius 1 is 1.33 bits per heavy atom. The minimum absolute atomic E-state index is 0.117. The molecule has 15 heavy (non-hydrogen) atoms. The molecule has 1 aromatic rings. The number of ether oxygens (including phenoxy) is 2. The highest BCUT2D eigenvalue weighted by molar-refractivity contribution is 6.01. The molecule has 1 aromatic heterocycles. The summed E-state index contributed by atoms with van der Waals surface area (Å²) in [5.41, 5.74) is 0.234. The summed E-state index contributed by atoms with van der Waals surface area (Å²) in [6.07, 6.45) is 1.29. The normalized spacial score (nSPS) is 9.80. The molecule has 0 aromatic carbocycles. The molecule has 0 amide bonds. The van der Waals surface area contributed by atoms with Crippen LogP contribution in [0.25, 0.3) is 0 Å². The van der Waals surface area contributed by atoms with Crippen LogP contribution >= 0.6 is 0 Å². The minimum Gasteiger partial charge on any atom is -0.465 e. The molecule has 6 heteroatoms. The summed E-state index contributed by atoms with van der Waals surface area (Å²) in [5, 5.41) is 3.89. The smallest absolute Gasteiger partial charge is 0.357 e. The maximum absolute atomic E-state index is 11.4. The van der Waals surface area contributed by atoms with Gasteiger partial charge in [-0.15, -0.1) is 0 Å². The van der Waals surface area contributed by atoms with Gasteiger partial charge >= 0.3 is 11.9 Å². The van der Waals surface area contributed by atoms with Crippen LogP contribution in [0.4, 0.5) is 0 Å². The van der Waals surface area contributed by atoms with Gasteiger partial charge in [-0.05, 0) is 6.92 Å². The fourth-order valence-corrected chi connectivity index (χ4v) is 1.20. The highest BCUT2D eigenvalue weighted by atomic mass is 16.5. The molecular formula is C9H12N2O4. The third-order valence-electron chi connectivity index (χ3n) is 1.92. The number of esters is 2. The van der Waals surface area contributed by atoms with E-state index >= 15 is 0 Å². The Hall–Kier alpha value is -1.85. The predicted octanol–water partition coefficient (Wildman–Crippen LogP) is 0.476. The zero-order valence-electron chi connectivity index (χ0n) is 8.81. The van der Waals surface area contributed by atoms with Crippen molar-refractivity contribution >= 4 is 11.9 Å². The van der Waals surface area contributed by atoms with Crippen LogP contribution in [0, 0.1) is 0 Å². The van der Waals surface area contributed by atoms with Crippen molar-refractivity contribution < 1.29 is 19.1 Å². The minimum atomic E-state index is -0.602. The summed E-state index contributed by atoms with van der Waals surface area (Å²) in [7, 11) is 2.49. The van der Waals surface area contributed by atoms with Crippen molar-refractivity contribution in [3.8, 4) is 0 Å². The van der Waals surface area contributed by atoms with Crippen molar-refractivity contribution in [1.29, 1.82) is 0 Å². The van der Waals surface area contributed by atoms with E-state index in [2.05, 4.69) is 14.6 Å². The fraction of sp³-hybridized carbons (Fsp3) is 0.444. The number of carbonyl (C=O) groups excluding carboxylic acids is 2. The van der Waals surface area contributed by atoms with Gasteiger partial charge in [0.05, 0.1) is 20.4 Å². The first-order valence-electron chi connectivity index (χ1n) is 4.38. The summed E-state index contributed by atoms with van der Waals surface area (Å²) >= 11 is 0. The van der Waals surface area contributed by atoms with Gasteiger partial charge < -0.3 is 9.47 Å². The molecule has 0 radical (unpaired) electrons. The lowest BCUT2D eigenvalue weighted by Gasteiger charge is -2.04. The van der Waals surface area contributed by atoms with Gasteiger partial charge in [0.25, 0.3) is 0 Å². The van der Waals surface area contributed by atoms with Crippen molar-refractivity contribution in [1.82, 2.24) is 9.78 Å². The number of aromatic nitrogens is 2. The molecule has 0 aliphatic rings. The topological polar surface area (TPSA) is 70.4 Å². The van der Waals surface area contributed by atoms with E-state index in [1.807, 2.05) is 0 Å². The molecule has 0 saturated heterocycles. The molecule has 6 nitrogen and oxygen atoms in total. The summed E-state index contributed by atoms with van der Waals surface area (Å²) in [5.74, 6) is -1.20. The first kappa shape index (κ1) is 11.2. The van der Waals surface area contributed by atoms with E-state index in [-0.39, 0.29) is 11.3 Å². The number of rotatable bonds is 3. The zero-order chi connectivity index (χ0) is 11.4. The van der Waals surface area contributed by atoms with Gasteiger partial charge in [-0.2, -0.15) is 5.10 Å².